The molecule has 0 aliphatic carbocycles. The molecule has 0 fully saturated rings. The second-order valence-corrected chi connectivity index (χ2v) is 4.89. The molecule has 3 rings (SSSR count). The highest BCUT2D eigenvalue weighted by Gasteiger charge is 2.12. The third kappa shape index (κ3) is 2.47. The van der Waals surface area contributed by atoms with E-state index in [2.05, 4.69) is 23.5 Å². The molecule has 2 aromatic heterocycles. The molecule has 0 saturated carbocycles. The number of para-hydroxylation sites is 1. The lowest BCUT2D eigenvalue weighted by atomic mass is 10.1. The van der Waals surface area contributed by atoms with E-state index in [0.29, 0.717) is 6.54 Å². The molecule has 104 valence electrons. The van der Waals surface area contributed by atoms with Crippen molar-refractivity contribution < 1.29 is 8.94 Å². The lowest BCUT2D eigenvalue weighted by Crippen LogP contribution is -2.13. The predicted molar refractivity (Wildman–Crippen MR) is 77.4 cm³/mol. The molecular formula is C16H18N2O2. The fraction of sp³-hybridized carbons (Fsp3) is 0.312. The van der Waals surface area contributed by atoms with Crippen molar-refractivity contribution in [3.8, 4) is 0 Å². The molecule has 20 heavy (non-hydrogen) atoms. The number of aromatic nitrogens is 1. The minimum Gasteiger partial charge on any atom is -0.461 e. The molecule has 0 radical (unpaired) electrons. The van der Waals surface area contributed by atoms with Crippen molar-refractivity contribution in [3.63, 3.8) is 0 Å². The Morgan fingerprint density at radius 1 is 1.20 bits per heavy atom. The van der Waals surface area contributed by atoms with Crippen molar-refractivity contribution in [1.82, 2.24) is 10.5 Å². The topological polar surface area (TPSA) is 51.2 Å². The van der Waals surface area contributed by atoms with E-state index in [1.165, 1.54) is 10.9 Å². The van der Waals surface area contributed by atoms with Gasteiger partial charge in [-0.25, -0.2) is 0 Å². The summed E-state index contributed by atoms with van der Waals surface area (Å²) in [6.07, 6.45) is 0.898. The standard InChI is InChI=1S/C16H18N2O2/c1-3-15-14(13-6-4-5-7-16(13)19-15)10-17-9-12-8-11(2)20-18-12/h4-8,17H,3,9-10H2,1-2H3. The van der Waals surface area contributed by atoms with Gasteiger partial charge < -0.3 is 14.3 Å². The summed E-state index contributed by atoms with van der Waals surface area (Å²) >= 11 is 0. The molecule has 0 unspecified atom stereocenters. The van der Waals surface area contributed by atoms with Gasteiger partial charge in [-0.1, -0.05) is 30.3 Å². The summed E-state index contributed by atoms with van der Waals surface area (Å²) in [5, 5.41) is 8.57. The van der Waals surface area contributed by atoms with Crippen molar-refractivity contribution in [3.05, 3.63) is 53.1 Å². The zero-order valence-corrected chi connectivity index (χ0v) is 11.8. The largest absolute Gasteiger partial charge is 0.461 e. The number of furan rings is 1. The molecular weight excluding hydrogens is 252 g/mol. The Morgan fingerprint density at radius 3 is 2.80 bits per heavy atom. The second-order valence-electron chi connectivity index (χ2n) is 4.89. The van der Waals surface area contributed by atoms with Crippen LogP contribution in [0.3, 0.4) is 0 Å². The van der Waals surface area contributed by atoms with Crippen LogP contribution in [0.4, 0.5) is 0 Å². The Balaban J connectivity index is 1.76. The van der Waals surface area contributed by atoms with Crippen LogP contribution in [0.1, 0.15) is 29.7 Å². The Labute approximate surface area is 117 Å². The van der Waals surface area contributed by atoms with Gasteiger partial charge >= 0.3 is 0 Å². The first-order valence-corrected chi connectivity index (χ1v) is 6.90. The Hall–Kier alpha value is -2.07. The predicted octanol–water partition coefficient (Wildman–Crippen LogP) is 3.58. The van der Waals surface area contributed by atoms with Crippen LogP contribution in [0, 0.1) is 6.92 Å². The Bertz CT molecular complexity index is 712. The minimum atomic E-state index is 0.694. The third-order valence-electron chi connectivity index (χ3n) is 3.39. The molecule has 3 aromatic rings. The summed E-state index contributed by atoms with van der Waals surface area (Å²) in [6, 6.07) is 10.1. The van der Waals surface area contributed by atoms with E-state index in [4.69, 9.17) is 8.94 Å². The summed E-state index contributed by atoms with van der Waals surface area (Å²) in [4.78, 5) is 0. The van der Waals surface area contributed by atoms with Gasteiger partial charge in [0.1, 0.15) is 17.1 Å². The van der Waals surface area contributed by atoms with Crippen molar-refractivity contribution in [1.29, 1.82) is 0 Å². The fourth-order valence-electron chi connectivity index (χ4n) is 2.45. The normalized spacial score (nSPS) is 11.3. The van der Waals surface area contributed by atoms with Crippen LogP contribution in [0.5, 0.6) is 0 Å². The van der Waals surface area contributed by atoms with E-state index in [0.717, 1.165) is 35.8 Å². The summed E-state index contributed by atoms with van der Waals surface area (Å²) in [6.45, 7) is 5.48. The number of benzene rings is 1. The summed E-state index contributed by atoms with van der Waals surface area (Å²) in [5.41, 5.74) is 3.12. The zero-order valence-electron chi connectivity index (χ0n) is 11.8. The number of fused-ring (bicyclic) bond motifs is 1. The summed E-state index contributed by atoms with van der Waals surface area (Å²) < 4.78 is 10.9. The first-order chi connectivity index (χ1) is 9.78. The van der Waals surface area contributed by atoms with Gasteiger partial charge in [0.15, 0.2) is 0 Å². The Morgan fingerprint density at radius 2 is 2.05 bits per heavy atom. The molecule has 2 heterocycles. The van der Waals surface area contributed by atoms with E-state index in [1.54, 1.807) is 0 Å². The Kier molecular flexibility index (Phi) is 3.56. The SMILES string of the molecule is CCc1oc2ccccc2c1CNCc1cc(C)on1. The van der Waals surface area contributed by atoms with Crippen molar-refractivity contribution in [2.24, 2.45) is 0 Å². The van der Waals surface area contributed by atoms with Gasteiger partial charge in [0.05, 0.1) is 5.69 Å². The number of hydrogen-bond acceptors (Lipinski definition) is 4. The highest BCUT2D eigenvalue weighted by atomic mass is 16.5. The monoisotopic (exact) mass is 270 g/mol. The molecule has 4 heteroatoms. The molecule has 1 N–H and O–H groups in total. The maximum Gasteiger partial charge on any atom is 0.134 e. The lowest BCUT2D eigenvalue weighted by molar-refractivity contribution is 0.388. The zero-order chi connectivity index (χ0) is 13.9. The van der Waals surface area contributed by atoms with E-state index >= 15 is 0 Å². The van der Waals surface area contributed by atoms with Crippen molar-refractivity contribution in [2.75, 3.05) is 0 Å². The highest BCUT2D eigenvalue weighted by Crippen LogP contribution is 2.26. The summed E-state index contributed by atoms with van der Waals surface area (Å²) in [5.74, 6) is 1.89. The van der Waals surface area contributed by atoms with Crippen LogP contribution in [0.15, 0.2) is 39.3 Å². The van der Waals surface area contributed by atoms with Gasteiger partial charge in [0.2, 0.25) is 0 Å². The maximum atomic E-state index is 5.88. The van der Waals surface area contributed by atoms with E-state index in [9.17, 15) is 0 Å². The van der Waals surface area contributed by atoms with Crippen molar-refractivity contribution >= 4 is 11.0 Å². The van der Waals surface area contributed by atoms with Gasteiger partial charge in [0.25, 0.3) is 0 Å². The molecule has 0 aliphatic heterocycles. The fourth-order valence-corrected chi connectivity index (χ4v) is 2.45. The van der Waals surface area contributed by atoms with Crippen LogP contribution in [0.25, 0.3) is 11.0 Å². The second kappa shape index (κ2) is 5.51. The molecule has 1 aromatic carbocycles. The van der Waals surface area contributed by atoms with Crippen LogP contribution in [-0.4, -0.2) is 5.16 Å². The number of aryl methyl sites for hydroxylation is 2. The lowest BCUT2D eigenvalue weighted by Gasteiger charge is -2.03. The minimum absolute atomic E-state index is 0.694. The van der Waals surface area contributed by atoms with Gasteiger partial charge in [-0.15, -0.1) is 0 Å². The number of nitrogens with zero attached hydrogens (tertiary/aromatic N) is 1. The first-order valence-electron chi connectivity index (χ1n) is 6.90. The van der Waals surface area contributed by atoms with E-state index in [-0.39, 0.29) is 0 Å². The average molecular weight is 270 g/mol. The quantitative estimate of drug-likeness (QED) is 0.770. The molecule has 0 aliphatic rings. The first kappa shape index (κ1) is 12.9. The molecule has 4 nitrogen and oxygen atoms in total. The van der Waals surface area contributed by atoms with Gasteiger partial charge in [0, 0.05) is 36.5 Å². The average Bonchev–Trinajstić information content (AvgIpc) is 3.03. The van der Waals surface area contributed by atoms with Crippen molar-refractivity contribution in [2.45, 2.75) is 33.4 Å². The van der Waals surface area contributed by atoms with Gasteiger partial charge in [-0.2, -0.15) is 0 Å². The number of rotatable bonds is 5. The van der Waals surface area contributed by atoms with E-state index < -0.39 is 0 Å². The smallest absolute Gasteiger partial charge is 0.134 e. The highest BCUT2D eigenvalue weighted by molar-refractivity contribution is 5.82. The maximum absolute atomic E-state index is 5.88. The van der Waals surface area contributed by atoms with Crippen LogP contribution in [0.2, 0.25) is 0 Å². The molecule has 0 bridgehead atoms. The number of nitrogens with one attached hydrogen (secondary N) is 1. The molecule has 0 atom stereocenters. The third-order valence-corrected chi connectivity index (χ3v) is 3.39. The van der Waals surface area contributed by atoms with Crippen LogP contribution < -0.4 is 5.32 Å². The molecule has 0 saturated heterocycles. The molecule has 0 amide bonds. The van der Waals surface area contributed by atoms with Crippen LogP contribution in [-0.2, 0) is 19.5 Å². The number of hydrogen-bond donors (Lipinski definition) is 1. The van der Waals surface area contributed by atoms with Gasteiger partial charge in [-0.3, -0.25) is 0 Å². The van der Waals surface area contributed by atoms with Crippen LogP contribution >= 0.6 is 0 Å². The van der Waals surface area contributed by atoms with Gasteiger partial charge in [-0.05, 0) is 13.0 Å². The molecule has 0 spiro atoms. The summed E-state index contributed by atoms with van der Waals surface area (Å²) in [7, 11) is 0. The van der Waals surface area contributed by atoms with E-state index in [1.807, 2.05) is 31.2 Å².